The molecule has 0 saturated carbocycles. The van der Waals surface area contributed by atoms with E-state index in [-0.39, 0.29) is 6.04 Å². The standard InChI is InChI=1S/C14H14BrClN2/c1-17-14(9-11-4-2-3-7-18-11)10-5-6-13(16)12(15)8-10/h2-8,14,17H,9H2,1H3. The van der Waals surface area contributed by atoms with E-state index in [4.69, 9.17) is 11.6 Å². The van der Waals surface area contributed by atoms with Crippen molar-refractivity contribution < 1.29 is 0 Å². The fourth-order valence-electron chi connectivity index (χ4n) is 1.84. The number of hydrogen-bond acceptors (Lipinski definition) is 2. The molecule has 1 atom stereocenters. The minimum Gasteiger partial charge on any atom is -0.313 e. The van der Waals surface area contributed by atoms with E-state index in [0.717, 1.165) is 21.6 Å². The van der Waals surface area contributed by atoms with Gasteiger partial charge in [-0.25, -0.2) is 0 Å². The first kappa shape index (κ1) is 13.5. The second-order valence-electron chi connectivity index (χ2n) is 4.04. The van der Waals surface area contributed by atoms with Crippen molar-refractivity contribution in [2.45, 2.75) is 12.5 Å². The second kappa shape index (κ2) is 6.32. The molecule has 2 nitrogen and oxygen atoms in total. The van der Waals surface area contributed by atoms with Crippen molar-refractivity contribution in [2.24, 2.45) is 0 Å². The van der Waals surface area contributed by atoms with Crippen molar-refractivity contribution in [3.63, 3.8) is 0 Å². The molecular weight excluding hydrogens is 312 g/mol. The Morgan fingerprint density at radius 1 is 1.33 bits per heavy atom. The number of halogens is 2. The van der Waals surface area contributed by atoms with E-state index in [9.17, 15) is 0 Å². The van der Waals surface area contributed by atoms with Crippen LogP contribution in [0.5, 0.6) is 0 Å². The third-order valence-corrected chi connectivity index (χ3v) is 4.05. The van der Waals surface area contributed by atoms with Crippen LogP contribution in [0.2, 0.25) is 5.02 Å². The van der Waals surface area contributed by atoms with Crippen molar-refractivity contribution in [1.29, 1.82) is 0 Å². The molecule has 0 spiro atoms. The monoisotopic (exact) mass is 324 g/mol. The Labute approximate surface area is 121 Å². The fourth-order valence-corrected chi connectivity index (χ4v) is 2.36. The maximum absolute atomic E-state index is 6.01. The Balaban J connectivity index is 2.20. The quantitative estimate of drug-likeness (QED) is 0.919. The summed E-state index contributed by atoms with van der Waals surface area (Å²) in [6, 6.07) is 12.2. The lowest BCUT2D eigenvalue weighted by atomic mass is 10.0. The normalized spacial score (nSPS) is 12.4. The van der Waals surface area contributed by atoms with Gasteiger partial charge in [-0.1, -0.05) is 23.7 Å². The molecule has 0 bridgehead atoms. The predicted octanol–water partition coefficient (Wildman–Crippen LogP) is 4.00. The minimum atomic E-state index is 0.230. The highest BCUT2D eigenvalue weighted by atomic mass is 79.9. The highest BCUT2D eigenvalue weighted by Crippen LogP contribution is 2.27. The summed E-state index contributed by atoms with van der Waals surface area (Å²) in [5.74, 6) is 0. The van der Waals surface area contributed by atoms with Crippen LogP contribution in [0.1, 0.15) is 17.3 Å². The first-order valence-electron chi connectivity index (χ1n) is 5.73. The van der Waals surface area contributed by atoms with Crippen LogP contribution in [0.4, 0.5) is 0 Å². The van der Waals surface area contributed by atoms with E-state index >= 15 is 0 Å². The van der Waals surface area contributed by atoms with Crippen molar-refractivity contribution in [2.75, 3.05) is 7.05 Å². The Bertz CT molecular complexity index is 516. The molecule has 1 heterocycles. The molecule has 18 heavy (non-hydrogen) atoms. The van der Waals surface area contributed by atoms with Gasteiger partial charge in [-0.2, -0.15) is 0 Å². The van der Waals surface area contributed by atoms with Gasteiger partial charge < -0.3 is 5.32 Å². The van der Waals surface area contributed by atoms with Crippen LogP contribution in [0.3, 0.4) is 0 Å². The summed E-state index contributed by atoms with van der Waals surface area (Å²) in [4.78, 5) is 4.35. The van der Waals surface area contributed by atoms with Crippen LogP contribution in [0.15, 0.2) is 47.1 Å². The Hall–Kier alpha value is -0.900. The van der Waals surface area contributed by atoms with E-state index in [2.05, 4.69) is 26.2 Å². The molecule has 94 valence electrons. The topological polar surface area (TPSA) is 24.9 Å². The van der Waals surface area contributed by atoms with Crippen molar-refractivity contribution in [1.82, 2.24) is 10.3 Å². The highest BCUT2D eigenvalue weighted by molar-refractivity contribution is 9.10. The lowest BCUT2D eigenvalue weighted by Gasteiger charge is -2.17. The molecule has 0 radical (unpaired) electrons. The van der Waals surface area contributed by atoms with Gasteiger partial charge in [-0.15, -0.1) is 0 Å². The van der Waals surface area contributed by atoms with Crippen molar-refractivity contribution >= 4 is 27.5 Å². The van der Waals surface area contributed by atoms with Gasteiger partial charge in [-0.05, 0) is 52.8 Å². The predicted molar refractivity (Wildman–Crippen MR) is 78.9 cm³/mol. The molecular formula is C14H14BrClN2. The van der Waals surface area contributed by atoms with Crippen LogP contribution >= 0.6 is 27.5 Å². The van der Waals surface area contributed by atoms with Crippen molar-refractivity contribution in [3.05, 3.63) is 63.3 Å². The molecule has 1 aromatic carbocycles. The molecule has 1 unspecified atom stereocenters. The van der Waals surface area contributed by atoms with Crippen LogP contribution < -0.4 is 5.32 Å². The summed E-state index contributed by atoms with van der Waals surface area (Å²) in [6.45, 7) is 0. The molecule has 0 aliphatic rings. The van der Waals surface area contributed by atoms with Crippen molar-refractivity contribution in [3.8, 4) is 0 Å². The SMILES string of the molecule is CNC(Cc1ccccn1)c1ccc(Cl)c(Br)c1. The summed E-state index contributed by atoms with van der Waals surface area (Å²) >= 11 is 9.46. The molecule has 0 aliphatic heterocycles. The second-order valence-corrected chi connectivity index (χ2v) is 5.30. The van der Waals surface area contributed by atoms with E-state index in [1.165, 1.54) is 5.56 Å². The maximum Gasteiger partial charge on any atom is 0.0548 e. The molecule has 0 saturated heterocycles. The minimum absolute atomic E-state index is 0.230. The van der Waals surface area contributed by atoms with Gasteiger partial charge in [0.25, 0.3) is 0 Å². The summed E-state index contributed by atoms with van der Waals surface area (Å²) in [6.07, 6.45) is 2.67. The number of likely N-dealkylation sites (N-methyl/N-ethyl adjacent to an activating group) is 1. The van der Waals surface area contributed by atoms with E-state index in [1.54, 1.807) is 0 Å². The average molecular weight is 326 g/mol. The van der Waals surface area contributed by atoms with Crippen LogP contribution in [-0.2, 0) is 6.42 Å². The summed E-state index contributed by atoms with van der Waals surface area (Å²) < 4.78 is 0.919. The summed E-state index contributed by atoms with van der Waals surface area (Å²) in [5, 5.41) is 4.04. The summed E-state index contributed by atoms with van der Waals surface area (Å²) in [5.41, 5.74) is 2.27. The summed E-state index contributed by atoms with van der Waals surface area (Å²) in [7, 11) is 1.95. The first-order valence-corrected chi connectivity index (χ1v) is 6.90. The molecule has 0 fully saturated rings. The Kier molecular flexibility index (Phi) is 4.75. The average Bonchev–Trinajstić information content (AvgIpc) is 2.40. The maximum atomic E-state index is 6.01. The van der Waals surface area contributed by atoms with Gasteiger partial charge in [0.05, 0.1) is 5.02 Å². The number of rotatable bonds is 4. The number of benzene rings is 1. The van der Waals surface area contributed by atoms with Crippen LogP contribution in [0, 0.1) is 0 Å². The van der Waals surface area contributed by atoms with Gasteiger partial charge >= 0.3 is 0 Å². The van der Waals surface area contributed by atoms with E-state index in [0.29, 0.717) is 0 Å². The molecule has 0 amide bonds. The van der Waals surface area contributed by atoms with E-state index < -0.39 is 0 Å². The van der Waals surface area contributed by atoms with Gasteiger partial charge in [-0.3, -0.25) is 4.98 Å². The Morgan fingerprint density at radius 2 is 2.17 bits per heavy atom. The fraction of sp³-hybridized carbons (Fsp3) is 0.214. The smallest absolute Gasteiger partial charge is 0.0548 e. The highest BCUT2D eigenvalue weighted by Gasteiger charge is 2.12. The molecule has 2 rings (SSSR count). The van der Waals surface area contributed by atoms with Crippen LogP contribution in [-0.4, -0.2) is 12.0 Å². The third kappa shape index (κ3) is 3.31. The number of nitrogens with one attached hydrogen (secondary N) is 1. The molecule has 4 heteroatoms. The lowest BCUT2D eigenvalue weighted by Crippen LogP contribution is -2.19. The number of pyridine rings is 1. The molecule has 1 N–H and O–H groups in total. The zero-order chi connectivity index (χ0) is 13.0. The third-order valence-electron chi connectivity index (χ3n) is 2.83. The lowest BCUT2D eigenvalue weighted by molar-refractivity contribution is 0.584. The number of nitrogens with zero attached hydrogens (tertiary/aromatic N) is 1. The van der Waals surface area contributed by atoms with Gasteiger partial charge in [0.2, 0.25) is 0 Å². The van der Waals surface area contributed by atoms with Gasteiger partial charge in [0.1, 0.15) is 0 Å². The zero-order valence-corrected chi connectivity index (χ0v) is 12.4. The largest absolute Gasteiger partial charge is 0.313 e. The molecule has 2 aromatic rings. The zero-order valence-electron chi connectivity index (χ0n) is 10.0. The Morgan fingerprint density at radius 3 is 2.78 bits per heavy atom. The van der Waals surface area contributed by atoms with E-state index in [1.807, 2.05) is 49.6 Å². The molecule has 0 aliphatic carbocycles. The van der Waals surface area contributed by atoms with Gasteiger partial charge in [0, 0.05) is 28.8 Å². The molecule has 1 aromatic heterocycles. The van der Waals surface area contributed by atoms with Gasteiger partial charge in [0.15, 0.2) is 0 Å². The number of hydrogen-bond donors (Lipinski definition) is 1. The number of aromatic nitrogens is 1. The van der Waals surface area contributed by atoms with Crippen LogP contribution in [0.25, 0.3) is 0 Å². The first-order chi connectivity index (χ1) is 8.70.